The molecule has 0 aromatic heterocycles. The van der Waals surface area contributed by atoms with Gasteiger partial charge in [0, 0.05) is 18.3 Å². The van der Waals surface area contributed by atoms with Gasteiger partial charge in [0.15, 0.2) is 0 Å². The van der Waals surface area contributed by atoms with Crippen molar-refractivity contribution in [2.24, 2.45) is 5.73 Å². The molecule has 0 aliphatic carbocycles. The number of allylic oxidation sites excluding steroid dienone is 3. The summed E-state index contributed by atoms with van der Waals surface area (Å²) in [5, 5.41) is 3.08. The second-order valence-electron chi connectivity index (χ2n) is 4.27. The average molecular weight is 263 g/mol. The van der Waals surface area contributed by atoms with E-state index in [0.29, 0.717) is 12.1 Å². The number of rotatable bonds is 3. The van der Waals surface area contributed by atoms with Crippen molar-refractivity contribution in [1.29, 1.82) is 0 Å². The van der Waals surface area contributed by atoms with E-state index in [1.807, 2.05) is 6.08 Å². The predicted molar refractivity (Wildman–Crippen MR) is 69.4 cm³/mol. The molecular formula is C13H17N3O3. The van der Waals surface area contributed by atoms with Crippen LogP contribution in [0, 0.1) is 0 Å². The summed E-state index contributed by atoms with van der Waals surface area (Å²) >= 11 is 0. The standard InChI is InChI=1S/C13H17N3O3/c1-2-19-12(17)8-16-11-5-3-4-6-15-10(11)7-9(14)13(16)18/h3-6,9,15H,2,7-8,14H2,1H3. The molecule has 1 amide bonds. The van der Waals surface area contributed by atoms with Gasteiger partial charge in [-0.25, -0.2) is 0 Å². The first kappa shape index (κ1) is 13.4. The fourth-order valence-electron chi connectivity index (χ4n) is 2.07. The number of nitrogens with one attached hydrogen (secondary N) is 1. The van der Waals surface area contributed by atoms with Crippen LogP contribution in [0.1, 0.15) is 13.3 Å². The maximum atomic E-state index is 12.1. The molecule has 19 heavy (non-hydrogen) atoms. The van der Waals surface area contributed by atoms with Crippen molar-refractivity contribution in [2.45, 2.75) is 19.4 Å². The maximum absolute atomic E-state index is 12.1. The molecule has 1 atom stereocenters. The molecule has 2 aliphatic heterocycles. The first-order valence-corrected chi connectivity index (χ1v) is 6.19. The van der Waals surface area contributed by atoms with Gasteiger partial charge in [0.25, 0.3) is 0 Å². The van der Waals surface area contributed by atoms with Gasteiger partial charge in [-0.1, -0.05) is 6.08 Å². The molecule has 1 unspecified atom stereocenters. The van der Waals surface area contributed by atoms with Crippen LogP contribution in [0.2, 0.25) is 0 Å². The number of carbonyl (C=O) groups is 2. The normalized spacial score (nSPS) is 21.9. The number of hydrogen-bond donors (Lipinski definition) is 2. The molecule has 2 aliphatic rings. The van der Waals surface area contributed by atoms with Crippen LogP contribution in [0.4, 0.5) is 0 Å². The fourth-order valence-corrected chi connectivity index (χ4v) is 2.07. The van der Waals surface area contributed by atoms with Gasteiger partial charge in [0.05, 0.1) is 18.3 Å². The van der Waals surface area contributed by atoms with Crippen molar-refractivity contribution in [1.82, 2.24) is 10.2 Å². The number of nitrogens with two attached hydrogens (primary N) is 1. The van der Waals surface area contributed by atoms with Crippen LogP contribution in [-0.4, -0.2) is 36.0 Å². The molecule has 0 aromatic rings. The van der Waals surface area contributed by atoms with Crippen LogP contribution in [0.15, 0.2) is 35.8 Å². The summed E-state index contributed by atoms with van der Waals surface area (Å²) in [6.07, 6.45) is 7.61. The van der Waals surface area contributed by atoms with Crippen LogP contribution >= 0.6 is 0 Å². The van der Waals surface area contributed by atoms with Crippen molar-refractivity contribution < 1.29 is 14.3 Å². The minimum Gasteiger partial charge on any atom is -0.465 e. The summed E-state index contributed by atoms with van der Waals surface area (Å²) < 4.78 is 4.88. The van der Waals surface area contributed by atoms with Crippen LogP contribution in [0.3, 0.4) is 0 Å². The number of esters is 1. The highest BCUT2D eigenvalue weighted by Crippen LogP contribution is 2.23. The minimum absolute atomic E-state index is 0.120. The summed E-state index contributed by atoms with van der Waals surface area (Å²) in [4.78, 5) is 25.1. The van der Waals surface area contributed by atoms with Gasteiger partial charge in [-0.15, -0.1) is 0 Å². The third-order valence-electron chi connectivity index (χ3n) is 2.92. The highest BCUT2D eigenvalue weighted by atomic mass is 16.5. The van der Waals surface area contributed by atoms with E-state index in [0.717, 1.165) is 5.70 Å². The van der Waals surface area contributed by atoms with Gasteiger partial charge in [-0.05, 0) is 19.1 Å². The van der Waals surface area contributed by atoms with Gasteiger partial charge < -0.3 is 15.8 Å². The zero-order chi connectivity index (χ0) is 13.8. The maximum Gasteiger partial charge on any atom is 0.326 e. The topological polar surface area (TPSA) is 84.7 Å². The molecule has 0 saturated heterocycles. The van der Waals surface area contributed by atoms with Crippen molar-refractivity contribution in [3.05, 3.63) is 35.8 Å². The number of amides is 1. The Morgan fingerprint density at radius 2 is 2.37 bits per heavy atom. The predicted octanol–water partition coefficient (Wildman–Crippen LogP) is -0.00620. The van der Waals surface area contributed by atoms with E-state index in [9.17, 15) is 9.59 Å². The highest BCUT2D eigenvalue weighted by Gasteiger charge is 2.33. The van der Waals surface area contributed by atoms with Gasteiger partial charge in [-0.3, -0.25) is 14.5 Å². The molecule has 2 heterocycles. The fraction of sp³-hybridized carbons (Fsp3) is 0.385. The van der Waals surface area contributed by atoms with Crippen LogP contribution in [0.25, 0.3) is 0 Å². The third kappa shape index (κ3) is 2.85. The summed E-state index contributed by atoms with van der Waals surface area (Å²) in [7, 11) is 0. The summed E-state index contributed by atoms with van der Waals surface area (Å²) in [6.45, 7) is 1.89. The molecule has 0 radical (unpaired) electrons. The average Bonchev–Trinajstić information content (AvgIpc) is 2.60. The molecule has 0 fully saturated rings. The van der Waals surface area contributed by atoms with Gasteiger partial charge in [-0.2, -0.15) is 0 Å². The first-order chi connectivity index (χ1) is 9.13. The molecule has 0 saturated carbocycles. The van der Waals surface area contributed by atoms with E-state index in [2.05, 4.69) is 5.32 Å². The number of hydrogen-bond acceptors (Lipinski definition) is 5. The Labute approximate surface area is 111 Å². The Kier molecular flexibility index (Phi) is 4.01. The summed E-state index contributed by atoms with van der Waals surface area (Å²) in [6, 6.07) is -0.638. The lowest BCUT2D eigenvalue weighted by Gasteiger charge is -2.32. The Hall–Kier alpha value is -2.08. The Balaban J connectivity index is 2.26. The summed E-state index contributed by atoms with van der Waals surface area (Å²) in [5.41, 5.74) is 7.32. The molecule has 6 nitrogen and oxygen atoms in total. The lowest BCUT2D eigenvalue weighted by atomic mass is 10.0. The molecule has 0 aromatic carbocycles. The van der Waals surface area contributed by atoms with Crippen molar-refractivity contribution in [2.75, 3.05) is 13.2 Å². The Morgan fingerprint density at radius 3 is 3.11 bits per heavy atom. The van der Waals surface area contributed by atoms with E-state index in [1.165, 1.54) is 4.90 Å². The SMILES string of the molecule is CCOC(=O)CN1C(=O)C(N)CC2=C1C=CC=CN2. The van der Waals surface area contributed by atoms with Crippen LogP contribution < -0.4 is 11.1 Å². The van der Waals surface area contributed by atoms with Gasteiger partial charge in [0.1, 0.15) is 6.54 Å². The molecule has 0 bridgehead atoms. The van der Waals surface area contributed by atoms with Crippen molar-refractivity contribution >= 4 is 11.9 Å². The second kappa shape index (κ2) is 5.71. The second-order valence-corrected chi connectivity index (χ2v) is 4.27. The van der Waals surface area contributed by atoms with Gasteiger partial charge in [0.2, 0.25) is 5.91 Å². The zero-order valence-corrected chi connectivity index (χ0v) is 10.8. The van der Waals surface area contributed by atoms with Crippen LogP contribution in [-0.2, 0) is 14.3 Å². The largest absolute Gasteiger partial charge is 0.465 e. The molecule has 2 rings (SSSR count). The minimum atomic E-state index is -0.638. The number of nitrogens with zero attached hydrogens (tertiary/aromatic N) is 1. The smallest absolute Gasteiger partial charge is 0.326 e. The Morgan fingerprint density at radius 1 is 1.58 bits per heavy atom. The molecular weight excluding hydrogens is 246 g/mol. The van der Waals surface area contributed by atoms with E-state index in [-0.39, 0.29) is 19.1 Å². The van der Waals surface area contributed by atoms with E-state index >= 15 is 0 Å². The monoisotopic (exact) mass is 263 g/mol. The van der Waals surface area contributed by atoms with E-state index < -0.39 is 12.0 Å². The molecule has 3 N–H and O–H groups in total. The molecule has 6 heteroatoms. The molecule has 102 valence electrons. The molecule has 0 spiro atoms. The highest BCUT2D eigenvalue weighted by molar-refractivity contribution is 5.89. The van der Waals surface area contributed by atoms with Crippen molar-refractivity contribution in [3.63, 3.8) is 0 Å². The van der Waals surface area contributed by atoms with Crippen LogP contribution in [0.5, 0.6) is 0 Å². The van der Waals surface area contributed by atoms with Gasteiger partial charge >= 0.3 is 5.97 Å². The number of carbonyl (C=O) groups excluding carboxylic acids is 2. The Bertz CT molecular complexity index is 480. The quantitative estimate of drug-likeness (QED) is 0.700. The lowest BCUT2D eigenvalue weighted by Crippen LogP contribution is -2.50. The lowest BCUT2D eigenvalue weighted by molar-refractivity contribution is -0.148. The number of ether oxygens (including phenoxy) is 1. The van der Waals surface area contributed by atoms with E-state index in [4.69, 9.17) is 10.5 Å². The third-order valence-corrected chi connectivity index (χ3v) is 2.92. The van der Waals surface area contributed by atoms with Crippen molar-refractivity contribution in [3.8, 4) is 0 Å². The first-order valence-electron chi connectivity index (χ1n) is 6.19. The zero-order valence-electron chi connectivity index (χ0n) is 10.8. The summed E-state index contributed by atoms with van der Waals surface area (Å²) in [5.74, 6) is -0.706. The van der Waals surface area contributed by atoms with E-state index in [1.54, 1.807) is 25.3 Å².